The second kappa shape index (κ2) is 6.52. The zero-order valence-corrected chi connectivity index (χ0v) is 13.9. The summed E-state index contributed by atoms with van der Waals surface area (Å²) in [5, 5.41) is 0.518. The Morgan fingerprint density at radius 1 is 1.22 bits per heavy atom. The molecule has 3 aromatic rings. The van der Waals surface area contributed by atoms with Gasteiger partial charge in [0.25, 0.3) is 5.56 Å². The standard InChI is InChI=1S/C18H18ClN3O/c1-13(14-6-4-3-5-7-14)21(2)12-16-10-18(23)22-11-15(19)8-9-17(22)20-16/h3-11,13H,12H2,1-2H3/t13-/m1/s1. The van der Waals surface area contributed by atoms with Crippen molar-refractivity contribution < 1.29 is 0 Å². The van der Waals surface area contributed by atoms with Crippen LogP contribution in [0.5, 0.6) is 0 Å². The molecular formula is C18H18ClN3O. The lowest BCUT2D eigenvalue weighted by molar-refractivity contribution is 0.250. The maximum Gasteiger partial charge on any atom is 0.258 e. The van der Waals surface area contributed by atoms with Gasteiger partial charge in [0.1, 0.15) is 5.65 Å². The molecule has 0 spiro atoms. The fraction of sp³-hybridized carbons (Fsp3) is 0.222. The van der Waals surface area contributed by atoms with Gasteiger partial charge in [-0.25, -0.2) is 4.98 Å². The summed E-state index contributed by atoms with van der Waals surface area (Å²) in [7, 11) is 2.03. The van der Waals surface area contributed by atoms with E-state index in [1.54, 1.807) is 24.4 Å². The van der Waals surface area contributed by atoms with Gasteiger partial charge in [-0.3, -0.25) is 14.1 Å². The number of benzene rings is 1. The molecule has 0 aliphatic carbocycles. The molecule has 0 fully saturated rings. The molecule has 23 heavy (non-hydrogen) atoms. The lowest BCUT2D eigenvalue weighted by atomic mass is 10.1. The Balaban J connectivity index is 1.86. The maximum absolute atomic E-state index is 12.2. The van der Waals surface area contributed by atoms with E-state index in [-0.39, 0.29) is 11.6 Å². The summed E-state index contributed by atoms with van der Waals surface area (Å²) < 4.78 is 1.46. The lowest BCUT2D eigenvalue weighted by Gasteiger charge is -2.24. The van der Waals surface area contributed by atoms with Gasteiger partial charge in [-0.05, 0) is 31.7 Å². The van der Waals surface area contributed by atoms with Crippen LogP contribution in [0.25, 0.3) is 5.65 Å². The van der Waals surface area contributed by atoms with Crippen LogP contribution in [0, 0.1) is 0 Å². The van der Waals surface area contributed by atoms with Gasteiger partial charge in [-0.2, -0.15) is 0 Å². The third-order valence-electron chi connectivity index (χ3n) is 4.03. The van der Waals surface area contributed by atoms with Gasteiger partial charge < -0.3 is 0 Å². The number of halogens is 1. The molecule has 0 amide bonds. The number of hydrogen-bond donors (Lipinski definition) is 0. The van der Waals surface area contributed by atoms with Crippen LogP contribution >= 0.6 is 11.6 Å². The molecule has 3 rings (SSSR count). The molecule has 5 heteroatoms. The van der Waals surface area contributed by atoms with E-state index in [9.17, 15) is 4.79 Å². The van der Waals surface area contributed by atoms with Crippen molar-refractivity contribution in [2.45, 2.75) is 19.5 Å². The minimum absolute atomic E-state index is 0.117. The normalized spacial score (nSPS) is 12.7. The summed E-state index contributed by atoms with van der Waals surface area (Å²) >= 11 is 5.93. The first-order valence-corrected chi connectivity index (χ1v) is 7.85. The van der Waals surface area contributed by atoms with E-state index in [4.69, 9.17) is 11.6 Å². The highest BCUT2D eigenvalue weighted by atomic mass is 35.5. The molecule has 1 atom stereocenters. The molecule has 0 unspecified atom stereocenters. The topological polar surface area (TPSA) is 37.6 Å². The number of pyridine rings is 1. The third kappa shape index (κ3) is 3.44. The van der Waals surface area contributed by atoms with E-state index in [1.165, 1.54) is 9.96 Å². The average Bonchev–Trinajstić information content (AvgIpc) is 2.55. The fourth-order valence-corrected chi connectivity index (χ4v) is 2.75. The van der Waals surface area contributed by atoms with Gasteiger partial charge in [0, 0.05) is 24.8 Å². The van der Waals surface area contributed by atoms with Crippen molar-refractivity contribution in [2.75, 3.05) is 7.05 Å². The van der Waals surface area contributed by atoms with Gasteiger partial charge in [-0.15, -0.1) is 0 Å². The first-order chi connectivity index (χ1) is 11.0. The van der Waals surface area contributed by atoms with Gasteiger partial charge in [0.15, 0.2) is 0 Å². The number of nitrogens with zero attached hydrogens (tertiary/aromatic N) is 3. The van der Waals surface area contributed by atoms with Gasteiger partial charge in [-0.1, -0.05) is 41.9 Å². The molecule has 118 valence electrons. The second-order valence-electron chi connectivity index (χ2n) is 5.66. The van der Waals surface area contributed by atoms with E-state index in [0.717, 1.165) is 5.69 Å². The molecule has 2 heterocycles. The Hall–Kier alpha value is -2.17. The summed E-state index contributed by atoms with van der Waals surface area (Å²) in [6.45, 7) is 2.74. The quantitative estimate of drug-likeness (QED) is 0.735. The van der Waals surface area contributed by atoms with E-state index in [0.29, 0.717) is 17.2 Å². The minimum Gasteiger partial charge on any atom is -0.294 e. The van der Waals surface area contributed by atoms with E-state index in [1.807, 2.05) is 25.2 Å². The highest BCUT2D eigenvalue weighted by Gasteiger charge is 2.13. The summed E-state index contributed by atoms with van der Waals surface area (Å²) in [5.74, 6) is 0. The number of aromatic nitrogens is 2. The Kier molecular flexibility index (Phi) is 4.46. The Morgan fingerprint density at radius 3 is 2.70 bits per heavy atom. The van der Waals surface area contributed by atoms with Crippen LogP contribution in [-0.4, -0.2) is 21.3 Å². The van der Waals surface area contributed by atoms with Crippen molar-refractivity contribution in [2.24, 2.45) is 0 Å². The number of fused-ring (bicyclic) bond motifs is 1. The highest BCUT2D eigenvalue weighted by Crippen LogP contribution is 2.19. The molecule has 0 bridgehead atoms. The summed E-state index contributed by atoms with van der Waals surface area (Å²) in [4.78, 5) is 18.9. The fourth-order valence-electron chi connectivity index (χ4n) is 2.59. The molecular weight excluding hydrogens is 310 g/mol. The Bertz CT molecular complexity index is 876. The molecule has 0 saturated heterocycles. The van der Waals surface area contributed by atoms with Crippen LogP contribution in [-0.2, 0) is 6.54 Å². The smallest absolute Gasteiger partial charge is 0.258 e. The molecule has 0 radical (unpaired) electrons. The van der Waals surface area contributed by atoms with Crippen LogP contribution in [0.4, 0.5) is 0 Å². The SMILES string of the molecule is C[C@H](c1ccccc1)N(C)Cc1cc(=O)n2cc(Cl)ccc2n1. The molecule has 4 nitrogen and oxygen atoms in total. The van der Waals surface area contributed by atoms with E-state index < -0.39 is 0 Å². The second-order valence-corrected chi connectivity index (χ2v) is 6.10. The first kappa shape index (κ1) is 15.7. The van der Waals surface area contributed by atoms with Crippen molar-refractivity contribution >= 4 is 17.2 Å². The van der Waals surface area contributed by atoms with Crippen molar-refractivity contribution in [1.82, 2.24) is 14.3 Å². The maximum atomic E-state index is 12.2. The third-order valence-corrected chi connectivity index (χ3v) is 4.25. The summed E-state index contributed by atoms with van der Waals surface area (Å²) in [5.41, 5.74) is 2.48. The largest absolute Gasteiger partial charge is 0.294 e. The van der Waals surface area contributed by atoms with Crippen LogP contribution in [0.2, 0.25) is 5.02 Å². The Labute approximate surface area is 140 Å². The predicted octanol–water partition coefficient (Wildman–Crippen LogP) is 3.54. The molecule has 0 N–H and O–H groups in total. The monoisotopic (exact) mass is 327 g/mol. The lowest BCUT2D eigenvalue weighted by Crippen LogP contribution is -2.24. The summed E-state index contributed by atoms with van der Waals surface area (Å²) in [6.07, 6.45) is 1.59. The van der Waals surface area contributed by atoms with Gasteiger partial charge in [0.2, 0.25) is 0 Å². The predicted molar refractivity (Wildman–Crippen MR) is 92.8 cm³/mol. The van der Waals surface area contributed by atoms with Crippen LogP contribution in [0.1, 0.15) is 24.2 Å². The van der Waals surface area contributed by atoms with Gasteiger partial charge >= 0.3 is 0 Å². The van der Waals surface area contributed by atoms with Crippen LogP contribution in [0.3, 0.4) is 0 Å². The van der Waals surface area contributed by atoms with E-state index >= 15 is 0 Å². The van der Waals surface area contributed by atoms with Crippen LogP contribution < -0.4 is 5.56 Å². The number of rotatable bonds is 4. The molecule has 0 saturated carbocycles. The number of hydrogen-bond acceptors (Lipinski definition) is 3. The molecule has 0 aliphatic heterocycles. The molecule has 2 aromatic heterocycles. The van der Waals surface area contributed by atoms with Crippen LogP contribution in [0.15, 0.2) is 59.5 Å². The van der Waals surface area contributed by atoms with Crippen molar-refractivity contribution in [1.29, 1.82) is 0 Å². The first-order valence-electron chi connectivity index (χ1n) is 7.47. The zero-order chi connectivity index (χ0) is 16.4. The Morgan fingerprint density at radius 2 is 1.96 bits per heavy atom. The van der Waals surface area contributed by atoms with E-state index in [2.05, 4.69) is 28.9 Å². The average molecular weight is 328 g/mol. The van der Waals surface area contributed by atoms with Crippen molar-refractivity contribution in [3.63, 3.8) is 0 Å². The van der Waals surface area contributed by atoms with Gasteiger partial charge in [0.05, 0.1) is 10.7 Å². The summed E-state index contributed by atoms with van der Waals surface area (Å²) in [6, 6.07) is 15.6. The minimum atomic E-state index is -0.117. The zero-order valence-electron chi connectivity index (χ0n) is 13.1. The highest BCUT2D eigenvalue weighted by molar-refractivity contribution is 6.30. The molecule has 0 aliphatic rings. The molecule has 1 aromatic carbocycles. The van der Waals surface area contributed by atoms with Crippen molar-refractivity contribution in [3.05, 3.63) is 81.4 Å². The van der Waals surface area contributed by atoms with Crippen molar-refractivity contribution in [3.8, 4) is 0 Å².